The van der Waals surface area contributed by atoms with Crippen LogP contribution in [0.25, 0.3) is 0 Å². The SMILES string of the molecule is CCOC(=O)c1cc(N(C)CCCN(C)C)ccc1N. The molecule has 0 saturated carbocycles. The molecule has 0 fully saturated rings. The van der Waals surface area contributed by atoms with Gasteiger partial charge in [-0.05, 0) is 52.2 Å². The van der Waals surface area contributed by atoms with Crippen molar-refractivity contribution in [2.45, 2.75) is 13.3 Å². The van der Waals surface area contributed by atoms with Gasteiger partial charge >= 0.3 is 5.97 Å². The van der Waals surface area contributed by atoms with Gasteiger partial charge in [-0.3, -0.25) is 0 Å². The average molecular weight is 279 g/mol. The lowest BCUT2D eigenvalue weighted by Gasteiger charge is -2.21. The van der Waals surface area contributed by atoms with Crippen LogP contribution in [0.2, 0.25) is 0 Å². The number of nitrogens with zero attached hydrogens (tertiary/aromatic N) is 2. The van der Waals surface area contributed by atoms with E-state index in [2.05, 4.69) is 23.9 Å². The van der Waals surface area contributed by atoms with Gasteiger partial charge in [0.2, 0.25) is 0 Å². The van der Waals surface area contributed by atoms with E-state index in [-0.39, 0.29) is 5.97 Å². The highest BCUT2D eigenvalue weighted by molar-refractivity contribution is 5.96. The fourth-order valence-corrected chi connectivity index (χ4v) is 1.92. The van der Waals surface area contributed by atoms with E-state index in [1.165, 1.54) is 0 Å². The molecule has 1 rings (SSSR count). The Kier molecular flexibility index (Phi) is 6.31. The summed E-state index contributed by atoms with van der Waals surface area (Å²) in [6.07, 6.45) is 1.06. The largest absolute Gasteiger partial charge is 0.462 e. The summed E-state index contributed by atoms with van der Waals surface area (Å²) < 4.78 is 5.01. The molecule has 0 aromatic heterocycles. The van der Waals surface area contributed by atoms with Crippen molar-refractivity contribution in [2.75, 3.05) is 51.5 Å². The number of carbonyl (C=O) groups excluding carboxylic acids is 1. The van der Waals surface area contributed by atoms with E-state index in [4.69, 9.17) is 10.5 Å². The molecule has 5 nitrogen and oxygen atoms in total. The Hall–Kier alpha value is -1.75. The lowest BCUT2D eigenvalue weighted by Crippen LogP contribution is -2.23. The third-order valence-corrected chi connectivity index (χ3v) is 3.07. The molecular formula is C15H25N3O2. The van der Waals surface area contributed by atoms with Crippen molar-refractivity contribution in [3.05, 3.63) is 23.8 Å². The third-order valence-electron chi connectivity index (χ3n) is 3.07. The number of rotatable bonds is 7. The summed E-state index contributed by atoms with van der Waals surface area (Å²) in [5.41, 5.74) is 7.69. The van der Waals surface area contributed by atoms with Gasteiger partial charge in [0.15, 0.2) is 0 Å². The molecule has 0 unspecified atom stereocenters. The molecule has 1 aromatic carbocycles. The van der Waals surface area contributed by atoms with Crippen molar-refractivity contribution in [1.82, 2.24) is 4.90 Å². The van der Waals surface area contributed by atoms with Gasteiger partial charge in [-0.15, -0.1) is 0 Å². The summed E-state index contributed by atoms with van der Waals surface area (Å²) in [7, 11) is 6.13. The van der Waals surface area contributed by atoms with Gasteiger partial charge in [0.25, 0.3) is 0 Å². The van der Waals surface area contributed by atoms with Crippen LogP contribution in [0, 0.1) is 0 Å². The quantitative estimate of drug-likeness (QED) is 0.609. The summed E-state index contributed by atoms with van der Waals surface area (Å²) in [6.45, 7) is 4.08. The van der Waals surface area contributed by atoms with Gasteiger partial charge in [-0.2, -0.15) is 0 Å². The van der Waals surface area contributed by atoms with Crippen LogP contribution in [-0.2, 0) is 4.74 Å². The molecule has 0 amide bonds. The van der Waals surface area contributed by atoms with Crippen molar-refractivity contribution < 1.29 is 9.53 Å². The summed E-state index contributed by atoms with van der Waals surface area (Å²) in [4.78, 5) is 16.1. The zero-order valence-corrected chi connectivity index (χ0v) is 12.8. The van der Waals surface area contributed by atoms with Crippen molar-refractivity contribution >= 4 is 17.3 Å². The standard InChI is InChI=1S/C15H25N3O2/c1-5-20-15(19)13-11-12(7-8-14(13)16)18(4)10-6-9-17(2)3/h7-8,11H,5-6,9-10,16H2,1-4H3. The number of benzene rings is 1. The van der Waals surface area contributed by atoms with Crippen LogP contribution in [0.1, 0.15) is 23.7 Å². The van der Waals surface area contributed by atoms with Gasteiger partial charge in [0.1, 0.15) is 0 Å². The Bertz CT molecular complexity index is 447. The van der Waals surface area contributed by atoms with Gasteiger partial charge in [0, 0.05) is 25.0 Å². The molecule has 5 heteroatoms. The smallest absolute Gasteiger partial charge is 0.340 e. The monoisotopic (exact) mass is 279 g/mol. The van der Waals surface area contributed by atoms with E-state index in [0.29, 0.717) is 17.9 Å². The maximum absolute atomic E-state index is 11.8. The summed E-state index contributed by atoms with van der Waals surface area (Å²) >= 11 is 0. The lowest BCUT2D eigenvalue weighted by molar-refractivity contribution is 0.0527. The predicted molar refractivity (Wildman–Crippen MR) is 83.3 cm³/mol. The second-order valence-electron chi connectivity index (χ2n) is 5.07. The molecule has 2 N–H and O–H groups in total. The highest BCUT2D eigenvalue weighted by Crippen LogP contribution is 2.21. The molecule has 1 aromatic rings. The number of ether oxygens (including phenoxy) is 1. The van der Waals surface area contributed by atoms with E-state index >= 15 is 0 Å². The second kappa shape index (κ2) is 7.75. The number of hydrogen-bond acceptors (Lipinski definition) is 5. The Morgan fingerprint density at radius 2 is 1.95 bits per heavy atom. The normalized spacial score (nSPS) is 10.7. The highest BCUT2D eigenvalue weighted by Gasteiger charge is 2.13. The molecule has 0 aliphatic heterocycles. The molecule has 0 atom stereocenters. The first kappa shape index (κ1) is 16.3. The topological polar surface area (TPSA) is 58.8 Å². The number of nitrogen functional groups attached to an aromatic ring is 1. The van der Waals surface area contributed by atoms with E-state index in [9.17, 15) is 4.79 Å². The Balaban J connectivity index is 2.75. The fraction of sp³-hybridized carbons (Fsp3) is 0.533. The maximum atomic E-state index is 11.8. The predicted octanol–water partition coefficient (Wildman–Crippen LogP) is 1.83. The summed E-state index contributed by atoms with van der Waals surface area (Å²) in [5.74, 6) is -0.367. The first-order chi connectivity index (χ1) is 9.45. The fourth-order valence-electron chi connectivity index (χ4n) is 1.92. The number of esters is 1. The Morgan fingerprint density at radius 3 is 2.55 bits per heavy atom. The molecule has 0 saturated heterocycles. The maximum Gasteiger partial charge on any atom is 0.340 e. The van der Waals surface area contributed by atoms with E-state index < -0.39 is 0 Å². The lowest BCUT2D eigenvalue weighted by atomic mass is 10.1. The van der Waals surface area contributed by atoms with Crippen LogP contribution in [-0.4, -0.2) is 51.7 Å². The zero-order chi connectivity index (χ0) is 15.1. The Labute approximate surface area is 121 Å². The molecule has 0 aliphatic carbocycles. The minimum absolute atomic E-state index is 0.348. The van der Waals surface area contributed by atoms with Crippen molar-refractivity contribution in [1.29, 1.82) is 0 Å². The van der Waals surface area contributed by atoms with Crippen LogP contribution < -0.4 is 10.6 Å². The minimum atomic E-state index is -0.367. The van der Waals surface area contributed by atoms with Crippen LogP contribution in [0.5, 0.6) is 0 Å². The molecule has 0 spiro atoms. The summed E-state index contributed by atoms with van der Waals surface area (Å²) in [6, 6.07) is 5.47. The number of carbonyl (C=O) groups is 1. The van der Waals surface area contributed by atoms with Gasteiger partial charge in [0.05, 0.1) is 12.2 Å². The van der Waals surface area contributed by atoms with Crippen molar-refractivity contribution in [3.63, 3.8) is 0 Å². The van der Waals surface area contributed by atoms with Crippen LogP contribution in [0.4, 0.5) is 11.4 Å². The molecule has 20 heavy (non-hydrogen) atoms. The number of anilines is 2. The summed E-state index contributed by atoms with van der Waals surface area (Å²) in [5, 5.41) is 0. The first-order valence-electron chi connectivity index (χ1n) is 6.88. The number of nitrogens with two attached hydrogens (primary N) is 1. The van der Waals surface area contributed by atoms with E-state index in [1.807, 2.05) is 13.1 Å². The molecule has 0 radical (unpaired) electrons. The third kappa shape index (κ3) is 4.74. The van der Waals surface area contributed by atoms with Crippen molar-refractivity contribution in [3.8, 4) is 0 Å². The van der Waals surface area contributed by atoms with Gasteiger partial charge < -0.3 is 20.3 Å². The van der Waals surface area contributed by atoms with Gasteiger partial charge in [-0.25, -0.2) is 4.79 Å². The van der Waals surface area contributed by atoms with Gasteiger partial charge in [-0.1, -0.05) is 0 Å². The first-order valence-corrected chi connectivity index (χ1v) is 6.88. The molecule has 0 heterocycles. The number of hydrogen-bond donors (Lipinski definition) is 1. The average Bonchev–Trinajstić information content (AvgIpc) is 2.38. The molecule has 0 aliphatic rings. The Morgan fingerprint density at radius 1 is 1.25 bits per heavy atom. The minimum Gasteiger partial charge on any atom is -0.462 e. The van der Waals surface area contributed by atoms with E-state index in [0.717, 1.165) is 25.2 Å². The molecular weight excluding hydrogens is 254 g/mol. The molecule has 112 valence electrons. The van der Waals surface area contributed by atoms with Crippen LogP contribution in [0.15, 0.2) is 18.2 Å². The zero-order valence-electron chi connectivity index (χ0n) is 12.8. The van der Waals surface area contributed by atoms with Crippen LogP contribution >= 0.6 is 0 Å². The highest BCUT2D eigenvalue weighted by atomic mass is 16.5. The second-order valence-corrected chi connectivity index (χ2v) is 5.07. The molecule has 0 bridgehead atoms. The van der Waals surface area contributed by atoms with E-state index in [1.54, 1.807) is 19.1 Å². The van der Waals surface area contributed by atoms with Crippen molar-refractivity contribution in [2.24, 2.45) is 0 Å². The van der Waals surface area contributed by atoms with Crippen LogP contribution in [0.3, 0.4) is 0 Å².